The van der Waals surface area contributed by atoms with Crippen molar-refractivity contribution in [3.05, 3.63) is 71.3 Å². The third-order valence-corrected chi connectivity index (χ3v) is 6.25. The van der Waals surface area contributed by atoms with Crippen molar-refractivity contribution in [2.75, 3.05) is 18.4 Å². The van der Waals surface area contributed by atoms with Crippen LogP contribution in [-0.2, 0) is 21.5 Å². The van der Waals surface area contributed by atoms with Crippen molar-refractivity contribution in [2.45, 2.75) is 58.0 Å². The number of hydrogen-bond acceptors (Lipinski definition) is 5. The summed E-state index contributed by atoms with van der Waals surface area (Å²) < 4.78 is 0. The molecule has 0 saturated carbocycles. The first-order chi connectivity index (χ1) is 15.3. The molecule has 4 rings (SSSR count). The van der Waals surface area contributed by atoms with Gasteiger partial charge in [-0.25, -0.2) is 4.79 Å². The van der Waals surface area contributed by atoms with E-state index in [1.54, 1.807) is 5.06 Å². The monoisotopic (exact) mass is 435 g/mol. The van der Waals surface area contributed by atoms with E-state index in [-0.39, 0.29) is 11.0 Å². The van der Waals surface area contributed by atoms with Crippen LogP contribution in [0.4, 0.5) is 10.5 Å². The van der Waals surface area contributed by atoms with Crippen molar-refractivity contribution < 1.29 is 14.5 Å². The van der Waals surface area contributed by atoms with Gasteiger partial charge in [0.05, 0.1) is 5.70 Å². The highest BCUT2D eigenvalue weighted by Crippen LogP contribution is 2.35. The SMILES string of the molecule is CCc1ccccc1NC(=O)ON1CCC2(C=C(c3ccc(C(C)(C)C)cc3)NO2)CC1. The number of benzene rings is 2. The number of aryl methyl sites for hydroxylation is 1. The first-order valence-electron chi connectivity index (χ1n) is 11.4. The lowest BCUT2D eigenvalue weighted by Gasteiger charge is -2.35. The quantitative estimate of drug-likeness (QED) is 0.671. The second-order valence-electron chi connectivity index (χ2n) is 9.60. The normalized spacial score (nSPS) is 18.2. The molecule has 2 aliphatic rings. The molecule has 0 bridgehead atoms. The van der Waals surface area contributed by atoms with Crippen LogP contribution in [0, 0.1) is 0 Å². The van der Waals surface area contributed by atoms with Gasteiger partial charge in [-0.2, -0.15) is 0 Å². The van der Waals surface area contributed by atoms with E-state index in [9.17, 15) is 4.79 Å². The summed E-state index contributed by atoms with van der Waals surface area (Å²) in [7, 11) is 0. The van der Waals surface area contributed by atoms with Crippen LogP contribution in [0.3, 0.4) is 0 Å². The number of amides is 1. The van der Waals surface area contributed by atoms with Crippen molar-refractivity contribution in [3.8, 4) is 0 Å². The molecule has 0 atom stereocenters. The summed E-state index contributed by atoms with van der Waals surface area (Å²) in [6, 6.07) is 16.4. The zero-order valence-electron chi connectivity index (χ0n) is 19.4. The fraction of sp³-hybridized carbons (Fsp3) is 0.423. The Hall–Kier alpha value is -2.83. The number of carbonyl (C=O) groups is 1. The number of rotatable bonds is 4. The largest absolute Gasteiger partial charge is 0.430 e. The number of anilines is 1. The average Bonchev–Trinajstić information content (AvgIpc) is 3.19. The van der Waals surface area contributed by atoms with E-state index in [2.05, 4.69) is 68.8 Å². The van der Waals surface area contributed by atoms with Gasteiger partial charge in [0.2, 0.25) is 0 Å². The molecule has 6 nitrogen and oxygen atoms in total. The molecule has 0 aliphatic carbocycles. The predicted octanol–water partition coefficient (Wildman–Crippen LogP) is 5.42. The molecular weight excluding hydrogens is 402 g/mol. The summed E-state index contributed by atoms with van der Waals surface area (Å²) in [6.45, 7) is 9.92. The van der Waals surface area contributed by atoms with Crippen LogP contribution < -0.4 is 10.8 Å². The molecule has 0 aromatic heterocycles. The fourth-order valence-electron chi connectivity index (χ4n) is 4.17. The van der Waals surface area contributed by atoms with Gasteiger partial charge in [0, 0.05) is 18.8 Å². The van der Waals surface area contributed by atoms with Gasteiger partial charge in [0.25, 0.3) is 0 Å². The van der Waals surface area contributed by atoms with Gasteiger partial charge in [-0.15, -0.1) is 5.06 Å². The third kappa shape index (κ3) is 4.97. The molecule has 2 aromatic rings. The van der Waals surface area contributed by atoms with Crippen LogP contribution in [-0.4, -0.2) is 29.8 Å². The highest BCUT2D eigenvalue weighted by Gasteiger charge is 2.39. The molecule has 1 fully saturated rings. The van der Waals surface area contributed by atoms with Crippen LogP contribution in [0.1, 0.15) is 57.2 Å². The van der Waals surface area contributed by atoms with Crippen molar-refractivity contribution in [1.29, 1.82) is 0 Å². The highest BCUT2D eigenvalue weighted by atomic mass is 16.7. The number of piperidine rings is 1. The van der Waals surface area contributed by atoms with Crippen LogP contribution in [0.25, 0.3) is 5.70 Å². The summed E-state index contributed by atoms with van der Waals surface area (Å²) in [5, 5.41) is 4.57. The van der Waals surface area contributed by atoms with Gasteiger partial charge >= 0.3 is 6.09 Å². The molecule has 1 spiro atoms. The van der Waals surface area contributed by atoms with Gasteiger partial charge in [0.15, 0.2) is 0 Å². The maximum atomic E-state index is 12.4. The summed E-state index contributed by atoms with van der Waals surface area (Å²) >= 11 is 0. The molecule has 2 heterocycles. The van der Waals surface area contributed by atoms with Gasteiger partial charge < -0.3 is 4.84 Å². The Bertz CT molecular complexity index is 984. The summed E-state index contributed by atoms with van der Waals surface area (Å²) in [4.78, 5) is 23.9. The maximum Gasteiger partial charge on any atom is 0.430 e. The minimum Gasteiger partial charge on any atom is -0.351 e. The van der Waals surface area contributed by atoms with E-state index < -0.39 is 6.09 Å². The highest BCUT2D eigenvalue weighted by molar-refractivity contribution is 5.85. The Morgan fingerprint density at radius 3 is 2.47 bits per heavy atom. The Kier molecular flexibility index (Phi) is 6.26. The van der Waals surface area contributed by atoms with Gasteiger partial charge in [-0.3, -0.25) is 15.6 Å². The van der Waals surface area contributed by atoms with Crippen molar-refractivity contribution in [1.82, 2.24) is 10.5 Å². The Labute approximate surface area is 190 Å². The Balaban J connectivity index is 1.33. The number of hydrogen-bond donors (Lipinski definition) is 2. The molecule has 32 heavy (non-hydrogen) atoms. The first kappa shape index (κ1) is 22.4. The van der Waals surface area contributed by atoms with Crippen molar-refractivity contribution in [2.24, 2.45) is 0 Å². The lowest BCUT2D eigenvalue weighted by atomic mass is 9.86. The number of para-hydroxylation sites is 1. The number of nitrogens with zero attached hydrogens (tertiary/aromatic N) is 1. The average molecular weight is 436 g/mol. The van der Waals surface area contributed by atoms with E-state index in [4.69, 9.17) is 9.68 Å². The Morgan fingerprint density at radius 2 is 1.81 bits per heavy atom. The first-order valence-corrected chi connectivity index (χ1v) is 11.4. The van der Waals surface area contributed by atoms with Crippen molar-refractivity contribution in [3.63, 3.8) is 0 Å². The molecule has 0 unspecified atom stereocenters. The van der Waals surface area contributed by atoms with Crippen LogP contribution in [0.2, 0.25) is 0 Å². The second kappa shape index (κ2) is 8.96. The van der Waals surface area contributed by atoms with Gasteiger partial charge in [-0.1, -0.05) is 70.2 Å². The lowest BCUT2D eigenvalue weighted by Crippen LogP contribution is -2.45. The molecule has 1 amide bonds. The standard InChI is InChI=1S/C26H33N3O3/c1-5-19-8-6-7-9-22(19)27-24(30)31-29-16-14-26(15-17-29)18-23(28-32-26)20-10-12-21(13-11-20)25(2,3)4/h6-13,18,28H,5,14-17H2,1-4H3,(H,27,30). The van der Waals surface area contributed by atoms with Crippen LogP contribution >= 0.6 is 0 Å². The molecule has 170 valence electrons. The summed E-state index contributed by atoms with van der Waals surface area (Å²) in [6.07, 6.45) is 4.04. The number of hydroxylamine groups is 3. The van der Waals surface area contributed by atoms with E-state index in [1.807, 2.05) is 24.3 Å². The van der Waals surface area contributed by atoms with Crippen LogP contribution in [0.15, 0.2) is 54.6 Å². The molecule has 2 aliphatic heterocycles. The second-order valence-corrected chi connectivity index (χ2v) is 9.60. The molecule has 6 heteroatoms. The molecule has 0 radical (unpaired) electrons. The topological polar surface area (TPSA) is 62.8 Å². The van der Waals surface area contributed by atoms with E-state index in [0.29, 0.717) is 13.1 Å². The molecule has 2 aromatic carbocycles. The minimum absolute atomic E-state index is 0.130. The minimum atomic E-state index is -0.456. The van der Waals surface area contributed by atoms with Crippen LogP contribution in [0.5, 0.6) is 0 Å². The van der Waals surface area contributed by atoms with Crippen molar-refractivity contribution >= 4 is 17.5 Å². The summed E-state index contributed by atoms with van der Waals surface area (Å²) in [5.74, 6) is 0. The lowest BCUT2D eigenvalue weighted by molar-refractivity contribution is -0.153. The fourth-order valence-corrected chi connectivity index (χ4v) is 4.17. The predicted molar refractivity (Wildman–Crippen MR) is 127 cm³/mol. The van der Waals surface area contributed by atoms with E-state index in [0.717, 1.165) is 41.8 Å². The molecule has 2 N–H and O–H groups in total. The smallest absolute Gasteiger partial charge is 0.351 e. The molecular formula is C26H33N3O3. The van der Waals surface area contributed by atoms with E-state index in [1.165, 1.54) is 5.56 Å². The zero-order chi connectivity index (χ0) is 22.8. The summed E-state index contributed by atoms with van der Waals surface area (Å²) in [5.41, 5.74) is 8.16. The number of nitrogens with one attached hydrogen (secondary N) is 2. The van der Waals surface area contributed by atoms with E-state index >= 15 is 0 Å². The molecule has 1 saturated heterocycles. The zero-order valence-corrected chi connectivity index (χ0v) is 19.4. The van der Waals surface area contributed by atoms with Gasteiger partial charge in [0.1, 0.15) is 5.60 Å². The number of carbonyl (C=O) groups excluding carboxylic acids is 1. The third-order valence-electron chi connectivity index (χ3n) is 6.25. The maximum absolute atomic E-state index is 12.4. The van der Waals surface area contributed by atoms with Gasteiger partial charge in [-0.05, 0) is 53.5 Å². The Morgan fingerprint density at radius 1 is 1.12 bits per heavy atom.